The van der Waals surface area contributed by atoms with Crippen LogP contribution in [0.3, 0.4) is 0 Å². The van der Waals surface area contributed by atoms with Crippen LogP contribution in [0.1, 0.15) is 11.3 Å². The number of benzene rings is 2. The van der Waals surface area contributed by atoms with Gasteiger partial charge in [0.15, 0.2) is 0 Å². The van der Waals surface area contributed by atoms with Crippen LogP contribution in [-0.2, 0) is 17.8 Å². The number of hydrogen-bond donors (Lipinski definition) is 2. The minimum Gasteiger partial charge on any atom is -0.444 e. The summed E-state index contributed by atoms with van der Waals surface area (Å²) in [6, 6.07) is 14.4. The van der Waals surface area contributed by atoms with E-state index in [1.54, 1.807) is 0 Å². The van der Waals surface area contributed by atoms with E-state index in [0.29, 0.717) is 18.0 Å². The fourth-order valence-corrected chi connectivity index (χ4v) is 3.92. The molecule has 5 rings (SSSR count). The van der Waals surface area contributed by atoms with Crippen molar-refractivity contribution in [2.45, 2.75) is 19.0 Å². The van der Waals surface area contributed by atoms with Crippen molar-refractivity contribution < 1.29 is 14.0 Å². The van der Waals surface area contributed by atoms with Crippen molar-refractivity contribution in [3.8, 4) is 11.5 Å². The highest BCUT2D eigenvalue weighted by Gasteiger charge is 2.38. The number of urea groups is 1. The molecule has 1 saturated heterocycles. The lowest BCUT2D eigenvalue weighted by Gasteiger charge is -2.11. The van der Waals surface area contributed by atoms with E-state index in [1.807, 2.05) is 54.7 Å². The Kier molecular flexibility index (Phi) is 4.63. The maximum atomic E-state index is 12.9. The molecule has 1 atom stereocenters. The van der Waals surface area contributed by atoms with Gasteiger partial charge in [-0.25, -0.2) is 9.78 Å². The highest BCUT2D eigenvalue weighted by molar-refractivity contribution is 9.10. The summed E-state index contributed by atoms with van der Waals surface area (Å²) < 4.78 is 6.49. The van der Waals surface area contributed by atoms with Gasteiger partial charge in [0.1, 0.15) is 12.3 Å². The van der Waals surface area contributed by atoms with Crippen LogP contribution in [-0.4, -0.2) is 32.8 Å². The number of nitrogens with zero attached hydrogens (tertiary/aromatic N) is 2. The zero-order valence-electron chi connectivity index (χ0n) is 15.8. The molecule has 3 heterocycles. The van der Waals surface area contributed by atoms with Crippen LogP contribution in [0.15, 0.2) is 69.9 Å². The molecule has 0 aliphatic carbocycles. The number of rotatable bonds is 5. The average molecular weight is 465 g/mol. The van der Waals surface area contributed by atoms with Gasteiger partial charge in [0.2, 0.25) is 5.89 Å². The summed E-state index contributed by atoms with van der Waals surface area (Å²) in [6.07, 6.45) is 3.79. The Morgan fingerprint density at radius 2 is 1.90 bits per heavy atom. The van der Waals surface area contributed by atoms with Crippen LogP contribution in [0, 0.1) is 0 Å². The van der Waals surface area contributed by atoms with Gasteiger partial charge < -0.3 is 14.7 Å². The number of nitrogens with one attached hydrogen (secondary N) is 2. The maximum absolute atomic E-state index is 12.9. The van der Waals surface area contributed by atoms with Gasteiger partial charge in [-0.15, -0.1) is 0 Å². The summed E-state index contributed by atoms with van der Waals surface area (Å²) >= 11 is 3.39. The van der Waals surface area contributed by atoms with E-state index in [2.05, 4.69) is 31.2 Å². The van der Waals surface area contributed by atoms with Gasteiger partial charge in [-0.1, -0.05) is 34.1 Å². The van der Waals surface area contributed by atoms with Gasteiger partial charge in [-0.2, -0.15) is 0 Å². The van der Waals surface area contributed by atoms with E-state index in [1.165, 1.54) is 11.2 Å². The monoisotopic (exact) mass is 464 g/mol. The number of aromatic nitrogens is 2. The summed E-state index contributed by atoms with van der Waals surface area (Å²) in [5.41, 5.74) is 3.33. The number of aromatic amines is 1. The van der Waals surface area contributed by atoms with Crippen molar-refractivity contribution in [1.82, 2.24) is 20.2 Å². The molecule has 3 amide bonds. The lowest BCUT2D eigenvalue weighted by molar-refractivity contribution is -0.127. The molecule has 0 radical (unpaired) electrons. The first kappa shape index (κ1) is 18.6. The van der Waals surface area contributed by atoms with Gasteiger partial charge >= 0.3 is 6.03 Å². The second-order valence-electron chi connectivity index (χ2n) is 7.14. The number of imide groups is 1. The van der Waals surface area contributed by atoms with E-state index in [-0.39, 0.29) is 12.5 Å². The first-order chi connectivity index (χ1) is 14.6. The number of hydrogen-bond acceptors (Lipinski definition) is 4. The van der Waals surface area contributed by atoms with Crippen molar-refractivity contribution in [1.29, 1.82) is 0 Å². The molecule has 8 heteroatoms. The van der Waals surface area contributed by atoms with E-state index >= 15 is 0 Å². The molecule has 1 unspecified atom stereocenters. The van der Waals surface area contributed by atoms with Crippen LogP contribution in [0.4, 0.5) is 4.79 Å². The summed E-state index contributed by atoms with van der Waals surface area (Å²) in [4.78, 5) is 34.1. The Labute approximate surface area is 180 Å². The summed E-state index contributed by atoms with van der Waals surface area (Å²) in [7, 11) is 0. The zero-order valence-corrected chi connectivity index (χ0v) is 17.3. The highest BCUT2D eigenvalue weighted by Crippen LogP contribution is 2.24. The lowest BCUT2D eigenvalue weighted by atomic mass is 10.1. The molecule has 2 aromatic heterocycles. The second kappa shape index (κ2) is 7.46. The number of amides is 3. The Balaban J connectivity index is 1.31. The molecule has 1 aliphatic heterocycles. The van der Waals surface area contributed by atoms with Crippen molar-refractivity contribution in [2.75, 3.05) is 0 Å². The van der Waals surface area contributed by atoms with Crippen LogP contribution in [0.5, 0.6) is 0 Å². The number of carbonyl (C=O) groups excluding carboxylic acids is 2. The predicted octanol–water partition coefficient (Wildman–Crippen LogP) is 4.25. The predicted molar refractivity (Wildman–Crippen MR) is 115 cm³/mol. The Morgan fingerprint density at radius 3 is 2.73 bits per heavy atom. The van der Waals surface area contributed by atoms with Crippen LogP contribution >= 0.6 is 15.9 Å². The normalized spacial score (nSPS) is 16.4. The van der Waals surface area contributed by atoms with E-state index < -0.39 is 12.1 Å². The van der Waals surface area contributed by atoms with Gasteiger partial charge in [0, 0.05) is 33.6 Å². The smallest absolute Gasteiger partial charge is 0.325 e. The SMILES string of the molecule is O=C1NC(Cc2c[nH]c3ccccc23)C(=O)N1Cc1coc(-c2ccc(Br)cc2)n1. The third-order valence-corrected chi connectivity index (χ3v) is 5.70. The van der Waals surface area contributed by atoms with E-state index in [9.17, 15) is 9.59 Å². The van der Waals surface area contributed by atoms with Gasteiger partial charge in [-0.05, 0) is 35.9 Å². The largest absolute Gasteiger partial charge is 0.444 e. The molecule has 30 heavy (non-hydrogen) atoms. The van der Waals surface area contributed by atoms with Crippen LogP contribution in [0.25, 0.3) is 22.4 Å². The van der Waals surface area contributed by atoms with E-state index in [4.69, 9.17) is 4.42 Å². The first-order valence-electron chi connectivity index (χ1n) is 9.46. The highest BCUT2D eigenvalue weighted by atomic mass is 79.9. The van der Waals surface area contributed by atoms with Crippen molar-refractivity contribution in [2.24, 2.45) is 0 Å². The quantitative estimate of drug-likeness (QED) is 0.432. The molecular weight excluding hydrogens is 448 g/mol. The molecule has 7 nitrogen and oxygen atoms in total. The summed E-state index contributed by atoms with van der Waals surface area (Å²) in [6.45, 7) is 0.0646. The standard InChI is InChI=1S/C22H17BrN4O3/c23-15-7-5-13(6-8-15)20-25-16(12-30-20)11-27-21(28)19(26-22(27)29)9-14-10-24-18-4-2-1-3-17(14)18/h1-8,10,12,19,24H,9,11H2,(H,26,29). The Bertz CT molecular complexity index is 1240. The summed E-state index contributed by atoms with van der Waals surface area (Å²) in [5, 5.41) is 3.83. The number of oxazole rings is 1. The number of carbonyl (C=O) groups is 2. The minimum absolute atomic E-state index is 0.0646. The summed E-state index contributed by atoms with van der Waals surface area (Å²) in [5.74, 6) is 0.179. The number of fused-ring (bicyclic) bond motifs is 1. The molecule has 0 bridgehead atoms. The first-order valence-corrected chi connectivity index (χ1v) is 10.2. The third kappa shape index (κ3) is 3.39. The third-order valence-electron chi connectivity index (χ3n) is 5.17. The minimum atomic E-state index is -0.602. The number of halogens is 1. The Hall–Kier alpha value is -3.39. The van der Waals surface area contributed by atoms with Gasteiger partial charge in [-0.3, -0.25) is 9.69 Å². The molecule has 1 fully saturated rings. The van der Waals surface area contributed by atoms with Crippen molar-refractivity contribution >= 4 is 38.8 Å². The number of H-pyrrole nitrogens is 1. The van der Waals surface area contributed by atoms with Gasteiger partial charge in [0.05, 0.1) is 12.2 Å². The molecule has 2 aromatic carbocycles. The number of para-hydroxylation sites is 1. The van der Waals surface area contributed by atoms with Crippen molar-refractivity contribution in [3.05, 3.63) is 76.7 Å². The molecule has 4 aromatic rings. The van der Waals surface area contributed by atoms with Crippen molar-refractivity contribution in [3.63, 3.8) is 0 Å². The second-order valence-corrected chi connectivity index (χ2v) is 8.06. The van der Waals surface area contributed by atoms with Crippen LogP contribution in [0.2, 0.25) is 0 Å². The average Bonchev–Trinajstić information content (AvgIpc) is 3.44. The molecule has 0 spiro atoms. The molecule has 0 saturated carbocycles. The Morgan fingerprint density at radius 1 is 1.10 bits per heavy atom. The fourth-order valence-electron chi connectivity index (χ4n) is 3.65. The lowest BCUT2D eigenvalue weighted by Crippen LogP contribution is -2.32. The zero-order chi connectivity index (χ0) is 20.7. The van der Waals surface area contributed by atoms with E-state index in [0.717, 1.165) is 26.5 Å². The van der Waals surface area contributed by atoms with Gasteiger partial charge in [0.25, 0.3) is 5.91 Å². The maximum Gasteiger partial charge on any atom is 0.325 e. The molecule has 1 aliphatic rings. The molecule has 2 N–H and O–H groups in total. The topological polar surface area (TPSA) is 91.2 Å². The van der Waals surface area contributed by atoms with Crippen LogP contribution < -0.4 is 5.32 Å². The fraction of sp³-hybridized carbons (Fsp3) is 0.136. The molecule has 150 valence electrons. The molecular formula is C22H17BrN4O3.